The van der Waals surface area contributed by atoms with Crippen molar-refractivity contribution >= 4 is 22.1 Å². The molecule has 0 aliphatic carbocycles. The fourth-order valence-corrected chi connectivity index (χ4v) is 3.23. The van der Waals surface area contributed by atoms with Crippen LogP contribution in [0.25, 0.3) is 17.5 Å². The van der Waals surface area contributed by atoms with E-state index in [0.717, 1.165) is 5.41 Å². The zero-order chi connectivity index (χ0) is 22.4. The molecule has 0 radical (unpaired) electrons. The average molecular weight is 445 g/mol. The summed E-state index contributed by atoms with van der Waals surface area (Å²) in [5.74, 6) is -1.10. The first-order valence-corrected chi connectivity index (χ1v) is 10.8. The molecule has 1 N–H and O–H groups in total. The molecule has 0 fully saturated rings. The largest absolute Gasteiger partial charge is 0.452 e. The molecule has 2 aromatic carbocycles. The topological polar surface area (TPSA) is 111 Å². The van der Waals surface area contributed by atoms with Crippen molar-refractivity contribution < 1.29 is 26.9 Å². The molecule has 0 spiro atoms. The van der Waals surface area contributed by atoms with Crippen molar-refractivity contribution in [2.45, 2.75) is 20.0 Å². The molecule has 3 rings (SSSR count). The van der Waals surface area contributed by atoms with E-state index < -0.39 is 34.5 Å². The highest BCUT2D eigenvalue weighted by atomic mass is 32.2. The van der Waals surface area contributed by atoms with E-state index in [1.54, 1.807) is 43.3 Å². The lowest BCUT2D eigenvalue weighted by Crippen LogP contribution is -2.29. The van der Waals surface area contributed by atoms with Gasteiger partial charge in [-0.15, -0.1) is 0 Å². The molecule has 0 amide bonds. The minimum absolute atomic E-state index is 0.00355. The molecule has 8 nitrogen and oxygen atoms in total. The van der Waals surface area contributed by atoms with Crippen LogP contribution in [0.3, 0.4) is 0 Å². The van der Waals surface area contributed by atoms with E-state index >= 15 is 0 Å². The smallest absolute Gasteiger partial charge is 0.321 e. The predicted octanol–water partition coefficient (Wildman–Crippen LogP) is 3.38. The highest BCUT2D eigenvalue weighted by molar-refractivity contribution is 7.92. The Morgan fingerprint density at radius 3 is 2.71 bits per heavy atom. The minimum atomic E-state index is -3.83. The quantitative estimate of drug-likeness (QED) is 0.529. The van der Waals surface area contributed by atoms with E-state index in [1.807, 2.05) is 6.07 Å². The first-order valence-electron chi connectivity index (χ1n) is 9.26. The zero-order valence-electron chi connectivity index (χ0n) is 16.8. The van der Waals surface area contributed by atoms with Gasteiger partial charge in [0.25, 0.3) is 5.89 Å². The van der Waals surface area contributed by atoms with Gasteiger partial charge in [-0.3, -0.25) is 4.79 Å². The summed E-state index contributed by atoms with van der Waals surface area (Å²) >= 11 is 0. The first kappa shape index (κ1) is 22.3. The highest BCUT2D eigenvalue weighted by Crippen LogP contribution is 2.22. The number of aryl methyl sites for hydroxylation is 1. The van der Waals surface area contributed by atoms with Crippen LogP contribution >= 0.6 is 0 Å². The number of nitrogens with zero attached hydrogens (tertiary/aromatic N) is 2. The number of sulfonamides is 1. The number of benzene rings is 2. The van der Waals surface area contributed by atoms with E-state index in [4.69, 9.17) is 9.26 Å². The van der Waals surface area contributed by atoms with Gasteiger partial charge in [0.2, 0.25) is 15.8 Å². The van der Waals surface area contributed by atoms with E-state index in [0.29, 0.717) is 16.7 Å². The molecule has 162 valence electrons. The van der Waals surface area contributed by atoms with Gasteiger partial charge >= 0.3 is 5.97 Å². The lowest BCUT2D eigenvalue weighted by molar-refractivity contribution is -0.148. The van der Waals surface area contributed by atoms with Crippen molar-refractivity contribution in [3.05, 3.63) is 76.8 Å². The molecule has 10 heteroatoms. The monoisotopic (exact) mass is 445 g/mol. The molecule has 0 saturated heterocycles. The number of hydrogen-bond donors (Lipinski definition) is 1. The van der Waals surface area contributed by atoms with Crippen LogP contribution in [0, 0.1) is 12.7 Å². The number of carbonyl (C=O) groups excluding carboxylic acids is 1. The molecule has 1 aromatic heterocycles. The molecule has 0 bridgehead atoms. The number of aromatic nitrogens is 2. The molecule has 0 aliphatic rings. The van der Waals surface area contributed by atoms with Gasteiger partial charge in [0.05, 0.1) is 0 Å². The third-order valence-electron chi connectivity index (χ3n) is 4.18. The fraction of sp³-hybridized carbons (Fsp3) is 0.190. The number of rotatable bonds is 8. The Kier molecular flexibility index (Phi) is 6.93. The van der Waals surface area contributed by atoms with Crippen molar-refractivity contribution in [2.75, 3.05) is 6.54 Å². The van der Waals surface area contributed by atoms with Crippen LogP contribution in [-0.4, -0.2) is 31.1 Å². The maximum atomic E-state index is 13.7. The second-order valence-electron chi connectivity index (χ2n) is 6.63. The molecule has 0 aliphatic heterocycles. The Labute approximate surface area is 178 Å². The van der Waals surface area contributed by atoms with Crippen molar-refractivity contribution in [2.24, 2.45) is 0 Å². The summed E-state index contributed by atoms with van der Waals surface area (Å²) in [6.07, 6.45) is 0.484. The van der Waals surface area contributed by atoms with Crippen molar-refractivity contribution in [1.82, 2.24) is 14.9 Å². The van der Waals surface area contributed by atoms with Crippen molar-refractivity contribution in [3.63, 3.8) is 0 Å². The molecular weight excluding hydrogens is 425 g/mol. The van der Waals surface area contributed by atoms with E-state index in [-0.39, 0.29) is 11.7 Å². The summed E-state index contributed by atoms with van der Waals surface area (Å²) in [7, 11) is -3.83. The summed E-state index contributed by atoms with van der Waals surface area (Å²) < 4.78 is 50.0. The van der Waals surface area contributed by atoms with Gasteiger partial charge in [0.15, 0.2) is 6.10 Å². The number of nitrogens with one attached hydrogen (secondary N) is 1. The van der Waals surface area contributed by atoms with Crippen LogP contribution in [0.15, 0.2) is 58.5 Å². The van der Waals surface area contributed by atoms with Gasteiger partial charge in [-0.05, 0) is 37.1 Å². The van der Waals surface area contributed by atoms with Gasteiger partial charge in [0.1, 0.15) is 12.4 Å². The number of esters is 1. The number of ether oxygens (including phenoxy) is 1. The highest BCUT2D eigenvalue weighted by Gasteiger charge is 2.20. The Bertz CT molecular complexity index is 1190. The first-order chi connectivity index (χ1) is 14.7. The molecule has 31 heavy (non-hydrogen) atoms. The van der Waals surface area contributed by atoms with Crippen LogP contribution in [-0.2, 0) is 19.6 Å². The summed E-state index contributed by atoms with van der Waals surface area (Å²) in [5, 5.41) is 4.72. The standard InChI is InChI=1S/C21H20FN3O5S/c1-14-8-9-17(12-18(14)22)20-24-21(30-25-20)15(2)29-19(26)13-23-31(27,28)11-10-16-6-4-3-5-7-16/h3-12,15,23H,13H2,1-2H3/b11-10+. The third kappa shape index (κ3) is 6.30. The average Bonchev–Trinajstić information content (AvgIpc) is 3.24. The number of carbonyl (C=O) groups is 1. The van der Waals surface area contributed by atoms with Crippen LogP contribution in [0.5, 0.6) is 0 Å². The Morgan fingerprint density at radius 1 is 1.26 bits per heavy atom. The second kappa shape index (κ2) is 9.63. The summed E-state index contributed by atoms with van der Waals surface area (Å²) in [6, 6.07) is 13.3. The third-order valence-corrected chi connectivity index (χ3v) is 5.23. The predicted molar refractivity (Wildman–Crippen MR) is 111 cm³/mol. The van der Waals surface area contributed by atoms with Gasteiger partial charge < -0.3 is 9.26 Å². The van der Waals surface area contributed by atoms with Gasteiger partial charge in [-0.2, -0.15) is 4.98 Å². The van der Waals surface area contributed by atoms with E-state index in [9.17, 15) is 17.6 Å². The molecule has 3 aromatic rings. The molecule has 1 unspecified atom stereocenters. The maximum absolute atomic E-state index is 13.7. The number of halogens is 1. The van der Waals surface area contributed by atoms with Crippen LogP contribution in [0.2, 0.25) is 0 Å². The Morgan fingerprint density at radius 2 is 2.00 bits per heavy atom. The van der Waals surface area contributed by atoms with E-state index in [2.05, 4.69) is 14.9 Å². The Balaban J connectivity index is 1.55. The number of hydrogen-bond acceptors (Lipinski definition) is 7. The minimum Gasteiger partial charge on any atom is -0.452 e. The SMILES string of the molecule is Cc1ccc(-c2noc(C(C)OC(=O)CNS(=O)(=O)/C=C/c3ccccc3)n2)cc1F. The fourth-order valence-electron chi connectivity index (χ4n) is 2.48. The van der Waals surface area contributed by atoms with Gasteiger partial charge in [0, 0.05) is 11.0 Å². The normalized spacial score (nSPS) is 12.7. The lowest BCUT2D eigenvalue weighted by Gasteiger charge is -2.09. The lowest BCUT2D eigenvalue weighted by atomic mass is 10.1. The molecule has 1 heterocycles. The van der Waals surface area contributed by atoms with Crippen molar-refractivity contribution in [1.29, 1.82) is 0 Å². The molecule has 0 saturated carbocycles. The van der Waals surface area contributed by atoms with E-state index in [1.165, 1.54) is 19.1 Å². The maximum Gasteiger partial charge on any atom is 0.321 e. The van der Waals surface area contributed by atoms with Gasteiger partial charge in [-0.25, -0.2) is 17.5 Å². The summed E-state index contributed by atoms with van der Waals surface area (Å²) in [4.78, 5) is 16.1. The molecule has 1 atom stereocenters. The Hall–Kier alpha value is -3.37. The van der Waals surface area contributed by atoms with Crippen LogP contribution in [0.4, 0.5) is 4.39 Å². The van der Waals surface area contributed by atoms with Crippen molar-refractivity contribution in [3.8, 4) is 11.4 Å². The van der Waals surface area contributed by atoms with Gasteiger partial charge in [-0.1, -0.05) is 47.6 Å². The second-order valence-corrected chi connectivity index (χ2v) is 8.28. The van der Waals surface area contributed by atoms with Crippen LogP contribution in [0.1, 0.15) is 30.0 Å². The summed E-state index contributed by atoms with van der Waals surface area (Å²) in [5.41, 5.74) is 1.59. The van der Waals surface area contributed by atoms with Crippen LogP contribution < -0.4 is 4.72 Å². The molecular formula is C21H20FN3O5S. The zero-order valence-corrected chi connectivity index (χ0v) is 17.6. The summed E-state index contributed by atoms with van der Waals surface area (Å²) in [6.45, 7) is 2.55.